The van der Waals surface area contributed by atoms with Crippen molar-refractivity contribution in [2.75, 3.05) is 6.61 Å². The lowest BCUT2D eigenvalue weighted by Crippen LogP contribution is -2.27. The standard InChI is InChI=1S/C18H17F3N4O3/c19-18(20,21)15-13(7-14(16(24)26)17(27)25-15)11-1-3-12(4-2-11)28-9-10(8-23)5-6-22/h1-8H,9,22-23H2,(H2,24,26)(H,25,27)/b6-5-,10-8+. The number of benzene rings is 1. The number of amides is 1. The number of aromatic amines is 1. The van der Waals surface area contributed by atoms with Gasteiger partial charge in [0.25, 0.3) is 11.5 Å². The normalized spacial score (nSPS) is 12.3. The Morgan fingerprint density at radius 2 is 1.82 bits per heavy atom. The summed E-state index contributed by atoms with van der Waals surface area (Å²) in [7, 11) is 0. The number of halogens is 3. The first-order valence-corrected chi connectivity index (χ1v) is 7.84. The molecular formula is C18H17F3N4O3. The van der Waals surface area contributed by atoms with Crippen LogP contribution in [0.15, 0.2) is 59.2 Å². The van der Waals surface area contributed by atoms with Crippen LogP contribution in [0.3, 0.4) is 0 Å². The van der Waals surface area contributed by atoms with Crippen molar-refractivity contribution in [2.45, 2.75) is 6.18 Å². The van der Waals surface area contributed by atoms with E-state index in [0.29, 0.717) is 11.3 Å². The maximum atomic E-state index is 13.3. The zero-order chi connectivity index (χ0) is 20.9. The summed E-state index contributed by atoms with van der Waals surface area (Å²) in [6.45, 7) is 0.0990. The van der Waals surface area contributed by atoms with Crippen LogP contribution in [0.2, 0.25) is 0 Å². The van der Waals surface area contributed by atoms with Crippen LogP contribution in [0.4, 0.5) is 13.2 Å². The minimum absolute atomic E-state index is 0.0990. The zero-order valence-electron chi connectivity index (χ0n) is 14.4. The molecule has 1 aromatic heterocycles. The molecule has 0 unspecified atom stereocenters. The van der Waals surface area contributed by atoms with Crippen LogP contribution in [0.25, 0.3) is 11.1 Å². The quantitative estimate of drug-likeness (QED) is 0.554. The van der Waals surface area contributed by atoms with E-state index < -0.39 is 28.9 Å². The molecule has 0 radical (unpaired) electrons. The fourth-order valence-electron chi connectivity index (χ4n) is 2.34. The van der Waals surface area contributed by atoms with Crippen LogP contribution in [0.1, 0.15) is 16.1 Å². The Morgan fingerprint density at radius 3 is 2.32 bits per heavy atom. The Kier molecular flexibility index (Phi) is 6.14. The number of H-pyrrole nitrogens is 1. The largest absolute Gasteiger partial charge is 0.489 e. The van der Waals surface area contributed by atoms with Crippen LogP contribution >= 0.6 is 0 Å². The summed E-state index contributed by atoms with van der Waals surface area (Å²) in [6.07, 6.45) is -0.708. The van der Waals surface area contributed by atoms with Gasteiger partial charge < -0.3 is 26.9 Å². The van der Waals surface area contributed by atoms with Gasteiger partial charge in [-0.25, -0.2) is 0 Å². The number of carbonyl (C=O) groups excluding carboxylic acids is 1. The third-order valence-electron chi connectivity index (χ3n) is 3.69. The van der Waals surface area contributed by atoms with Gasteiger partial charge in [0.05, 0.1) is 0 Å². The number of ether oxygens (including phenoxy) is 1. The SMILES string of the molecule is N/C=C\C(=C/N)COc1ccc(-c2cc(C(N)=O)c(=O)[nH]c2C(F)(F)F)cc1. The first-order chi connectivity index (χ1) is 13.2. The van der Waals surface area contributed by atoms with E-state index in [-0.39, 0.29) is 17.7 Å². The molecule has 0 fully saturated rings. The molecule has 2 rings (SSSR count). The van der Waals surface area contributed by atoms with Crippen LogP contribution in [-0.2, 0) is 6.18 Å². The van der Waals surface area contributed by atoms with Crippen molar-refractivity contribution >= 4 is 5.91 Å². The van der Waals surface area contributed by atoms with Crippen molar-refractivity contribution < 1.29 is 22.7 Å². The average Bonchev–Trinajstić information content (AvgIpc) is 2.64. The van der Waals surface area contributed by atoms with E-state index in [4.69, 9.17) is 21.9 Å². The van der Waals surface area contributed by atoms with E-state index in [2.05, 4.69) is 0 Å². The molecule has 2 aromatic rings. The molecule has 7 N–H and O–H groups in total. The van der Waals surface area contributed by atoms with Crippen molar-refractivity contribution in [1.82, 2.24) is 4.98 Å². The van der Waals surface area contributed by atoms with E-state index in [0.717, 1.165) is 6.07 Å². The highest BCUT2D eigenvalue weighted by atomic mass is 19.4. The monoisotopic (exact) mass is 394 g/mol. The van der Waals surface area contributed by atoms with Crippen molar-refractivity contribution in [1.29, 1.82) is 0 Å². The van der Waals surface area contributed by atoms with E-state index in [1.807, 2.05) is 0 Å². The van der Waals surface area contributed by atoms with Gasteiger partial charge in [0.15, 0.2) is 0 Å². The number of primary amides is 1. The molecule has 0 saturated carbocycles. The molecule has 0 atom stereocenters. The van der Waals surface area contributed by atoms with Gasteiger partial charge >= 0.3 is 6.18 Å². The predicted octanol–water partition coefficient (Wildman–Crippen LogP) is 1.85. The number of hydrogen-bond acceptors (Lipinski definition) is 5. The number of alkyl halides is 3. The van der Waals surface area contributed by atoms with E-state index in [1.165, 1.54) is 42.7 Å². The first kappa shape index (κ1) is 20.6. The van der Waals surface area contributed by atoms with Crippen molar-refractivity contribution in [3.8, 4) is 16.9 Å². The summed E-state index contributed by atoms with van der Waals surface area (Å²) < 4.78 is 45.4. The van der Waals surface area contributed by atoms with Gasteiger partial charge in [0.2, 0.25) is 0 Å². The Labute approximate surface area is 157 Å². The minimum Gasteiger partial charge on any atom is -0.489 e. The number of carbonyl (C=O) groups is 1. The molecule has 0 bridgehead atoms. The number of aromatic nitrogens is 1. The zero-order valence-corrected chi connectivity index (χ0v) is 14.4. The Morgan fingerprint density at radius 1 is 1.18 bits per heavy atom. The number of nitrogens with two attached hydrogens (primary N) is 3. The van der Waals surface area contributed by atoms with Crippen molar-refractivity contribution in [3.63, 3.8) is 0 Å². The van der Waals surface area contributed by atoms with Crippen molar-refractivity contribution in [2.24, 2.45) is 17.2 Å². The highest BCUT2D eigenvalue weighted by molar-refractivity contribution is 5.94. The summed E-state index contributed by atoms with van der Waals surface area (Å²) in [5, 5.41) is 0. The average molecular weight is 394 g/mol. The smallest absolute Gasteiger partial charge is 0.431 e. The van der Waals surface area contributed by atoms with Crippen LogP contribution in [0.5, 0.6) is 5.75 Å². The lowest BCUT2D eigenvalue weighted by molar-refractivity contribution is -0.140. The Balaban J connectivity index is 2.41. The molecule has 0 spiro atoms. The molecule has 10 heteroatoms. The fraction of sp³-hybridized carbons (Fsp3) is 0.111. The lowest BCUT2D eigenvalue weighted by Gasteiger charge is -2.14. The second-order valence-electron chi connectivity index (χ2n) is 5.58. The second kappa shape index (κ2) is 8.33. The van der Waals surface area contributed by atoms with Gasteiger partial charge in [-0.15, -0.1) is 0 Å². The Bertz CT molecular complexity index is 977. The van der Waals surface area contributed by atoms with E-state index >= 15 is 0 Å². The van der Waals surface area contributed by atoms with E-state index in [1.54, 1.807) is 4.98 Å². The number of hydrogen-bond donors (Lipinski definition) is 4. The predicted molar refractivity (Wildman–Crippen MR) is 97.1 cm³/mol. The molecule has 1 heterocycles. The minimum atomic E-state index is -4.84. The first-order valence-electron chi connectivity index (χ1n) is 7.84. The van der Waals surface area contributed by atoms with Gasteiger partial charge in [-0.3, -0.25) is 9.59 Å². The maximum Gasteiger partial charge on any atom is 0.431 e. The molecule has 7 nitrogen and oxygen atoms in total. The summed E-state index contributed by atoms with van der Waals surface area (Å²) in [6, 6.07) is 6.40. The topological polar surface area (TPSA) is 137 Å². The molecule has 0 aliphatic rings. The molecular weight excluding hydrogens is 377 g/mol. The molecule has 148 valence electrons. The molecule has 0 aliphatic carbocycles. The van der Waals surface area contributed by atoms with Crippen molar-refractivity contribution in [3.05, 3.63) is 76.0 Å². The van der Waals surface area contributed by atoms with Gasteiger partial charge in [-0.2, -0.15) is 13.2 Å². The molecule has 28 heavy (non-hydrogen) atoms. The highest BCUT2D eigenvalue weighted by Crippen LogP contribution is 2.35. The molecule has 0 aliphatic heterocycles. The van der Waals surface area contributed by atoms with Crippen LogP contribution in [-0.4, -0.2) is 17.5 Å². The lowest BCUT2D eigenvalue weighted by atomic mass is 10.0. The van der Waals surface area contributed by atoms with Crippen LogP contribution in [0, 0.1) is 0 Å². The van der Waals surface area contributed by atoms with Gasteiger partial charge in [0.1, 0.15) is 23.6 Å². The highest BCUT2D eigenvalue weighted by Gasteiger charge is 2.36. The van der Waals surface area contributed by atoms with Gasteiger partial charge in [0, 0.05) is 17.3 Å². The fourth-order valence-corrected chi connectivity index (χ4v) is 2.34. The number of rotatable bonds is 6. The maximum absolute atomic E-state index is 13.3. The van der Waals surface area contributed by atoms with E-state index in [9.17, 15) is 22.8 Å². The second-order valence-corrected chi connectivity index (χ2v) is 5.58. The summed E-state index contributed by atoms with van der Waals surface area (Å²) >= 11 is 0. The molecule has 0 saturated heterocycles. The molecule has 1 amide bonds. The number of pyridine rings is 1. The summed E-state index contributed by atoms with van der Waals surface area (Å²) in [5.74, 6) is -0.771. The number of nitrogens with one attached hydrogen (secondary N) is 1. The third kappa shape index (κ3) is 4.72. The summed E-state index contributed by atoms with van der Waals surface area (Å²) in [5.41, 5.74) is 13.0. The van der Waals surface area contributed by atoms with Gasteiger partial charge in [-0.05, 0) is 36.0 Å². The Hall–Kier alpha value is -3.69. The van der Waals surface area contributed by atoms with Gasteiger partial charge in [-0.1, -0.05) is 12.1 Å². The van der Waals surface area contributed by atoms with Crippen LogP contribution < -0.4 is 27.5 Å². The molecule has 1 aromatic carbocycles. The third-order valence-corrected chi connectivity index (χ3v) is 3.69. The summed E-state index contributed by atoms with van der Waals surface area (Å²) in [4.78, 5) is 24.7.